The molecule has 0 radical (unpaired) electrons. The van der Waals surface area contributed by atoms with E-state index in [0.717, 1.165) is 28.4 Å². The largest absolute Gasteiger partial charge is 0.283 e. The standard InChI is InChI=1S/C17H17ClN4/c1-11(2)16-17(22-9-5-4-6-15(22)19-16)21-20-14-8-7-13(18)10-12(14)3/h4-11H,1-3H3. The molecule has 112 valence electrons. The lowest BCUT2D eigenvalue weighted by Gasteiger charge is -2.02. The quantitative estimate of drug-likeness (QED) is 0.560. The molecule has 0 amide bonds. The molecule has 0 fully saturated rings. The minimum absolute atomic E-state index is 0.278. The summed E-state index contributed by atoms with van der Waals surface area (Å²) in [5, 5.41) is 9.55. The third-order valence-electron chi connectivity index (χ3n) is 3.49. The number of fused-ring (bicyclic) bond motifs is 1. The van der Waals surface area contributed by atoms with Crippen LogP contribution in [-0.2, 0) is 0 Å². The number of hydrogen-bond donors (Lipinski definition) is 0. The zero-order valence-electron chi connectivity index (χ0n) is 12.8. The van der Waals surface area contributed by atoms with E-state index in [-0.39, 0.29) is 5.92 Å². The van der Waals surface area contributed by atoms with Crippen LogP contribution in [0.15, 0.2) is 52.8 Å². The molecule has 0 N–H and O–H groups in total. The van der Waals surface area contributed by atoms with Gasteiger partial charge in [0, 0.05) is 11.2 Å². The number of halogens is 1. The first kappa shape index (κ1) is 14.7. The Morgan fingerprint density at radius 1 is 1.14 bits per heavy atom. The second kappa shape index (κ2) is 5.89. The van der Waals surface area contributed by atoms with E-state index in [2.05, 4.69) is 29.1 Å². The van der Waals surface area contributed by atoms with Crippen LogP contribution in [0, 0.1) is 6.92 Å². The predicted octanol–water partition coefficient (Wildman–Crippen LogP) is 5.83. The van der Waals surface area contributed by atoms with Gasteiger partial charge in [-0.2, -0.15) is 0 Å². The zero-order valence-corrected chi connectivity index (χ0v) is 13.5. The molecule has 1 aromatic carbocycles. The highest BCUT2D eigenvalue weighted by Gasteiger charge is 2.14. The summed E-state index contributed by atoms with van der Waals surface area (Å²) in [7, 11) is 0. The Kier molecular flexibility index (Phi) is 3.94. The molecular formula is C17H17ClN4. The summed E-state index contributed by atoms with van der Waals surface area (Å²) < 4.78 is 1.96. The monoisotopic (exact) mass is 312 g/mol. The van der Waals surface area contributed by atoms with Crippen molar-refractivity contribution >= 4 is 28.8 Å². The summed E-state index contributed by atoms with van der Waals surface area (Å²) in [6.07, 6.45) is 1.96. The lowest BCUT2D eigenvalue weighted by molar-refractivity contribution is 0.831. The Balaban J connectivity index is 2.09. The van der Waals surface area contributed by atoms with Crippen LogP contribution in [0.1, 0.15) is 31.0 Å². The summed E-state index contributed by atoms with van der Waals surface area (Å²) in [5.74, 6) is 1.06. The molecule has 0 bridgehead atoms. The number of nitrogens with zero attached hydrogens (tertiary/aromatic N) is 4. The fourth-order valence-electron chi connectivity index (χ4n) is 2.32. The number of rotatable bonds is 3. The van der Waals surface area contributed by atoms with Crippen molar-refractivity contribution in [3.8, 4) is 0 Å². The first-order chi connectivity index (χ1) is 10.6. The average Bonchev–Trinajstić information content (AvgIpc) is 2.85. The maximum absolute atomic E-state index is 5.98. The number of azo groups is 1. The number of hydrogen-bond acceptors (Lipinski definition) is 3. The van der Waals surface area contributed by atoms with Crippen LogP contribution in [0.2, 0.25) is 5.02 Å². The second-order valence-electron chi connectivity index (χ2n) is 5.53. The molecule has 4 nitrogen and oxygen atoms in total. The summed E-state index contributed by atoms with van der Waals surface area (Å²) in [6, 6.07) is 11.5. The molecule has 0 saturated heterocycles. The molecule has 0 aliphatic heterocycles. The fourth-order valence-corrected chi connectivity index (χ4v) is 2.55. The molecule has 0 atom stereocenters. The van der Waals surface area contributed by atoms with E-state index in [4.69, 9.17) is 11.6 Å². The molecule has 5 heteroatoms. The Hall–Kier alpha value is -2.20. The van der Waals surface area contributed by atoms with Crippen molar-refractivity contribution < 1.29 is 0 Å². The number of imidazole rings is 1. The molecule has 0 unspecified atom stereocenters. The van der Waals surface area contributed by atoms with E-state index in [0.29, 0.717) is 5.02 Å². The summed E-state index contributed by atoms with van der Waals surface area (Å²) in [5.41, 5.74) is 3.63. The van der Waals surface area contributed by atoms with E-state index >= 15 is 0 Å². The molecule has 2 heterocycles. The van der Waals surface area contributed by atoms with Crippen molar-refractivity contribution in [3.63, 3.8) is 0 Å². The van der Waals surface area contributed by atoms with Crippen molar-refractivity contribution in [1.82, 2.24) is 9.38 Å². The van der Waals surface area contributed by atoms with Gasteiger partial charge in [0.25, 0.3) is 0 Å². The fraction of sp³-hybridized carbons (Fsp3) is 0.235. The predicted molar refractivity (Wildman–Crippen MR) is 89.6 cm³/mol. The van der Waals surface area contributed by atoms with Gasteiger partial charge in [-0.05, 0) is 48.7 Å². The van der Waals surface area contributed by atoms with Crippen molar-refractivity contribution in [1.29, 1.82) is 0 Å². The van der Waals surface area contributed by atoms with Gasteiger partial charge >= 0.3 is 0 Å². The van der Waals surface area contributed by atoms with Gasteiger partial charge in [0.2, 0.25) is 0 Å². The number of pyridine rings is 1. The summed E-state index contributed by atoms with van der Waals surface area (Å²) >= 11 is 5.98. The average molecular weight is 313 g/mol. The minimum atomic E-state index is 0.278. The first-order valence-corrected chi connectivity index (χ1v) is 7.59. The molecule has 0 aliphatic carbocycles. The van der Waals surface area contributed by atoms with E-state index in [1.807, 2.05) is 53.9 Å². The molecule has 2 aromatic heterocycles. The van der Waals surface area contributed by atoms with Crippen LogP contribution in [0.3, 0.4) is 0 Å². The minimum Gasteiger partial charge on any atom is -0.283 e. The molecule has 22 heavy (non-hydrogen) atoms. The van der Waals surface area contributed by atoms with Crippen LogP contribution in [-0.4, -0.2) is 9.38 Å². The van der Waals surface area contributed by atoms with Crippen molar-refractivity contribution in [2.45, 2.75) is 26.7 Å². The SMILES string of the molecule is Cc1cc(Cl)ccc1N=Nc1c(C(C)C)nc2ccccn12. The lowest BCUT2D eigenvalue weighted by atomic mass is 10.1. The van der Waals surface area contributed by atoms with Crippen molar-refractivity contribution in [2.24, 2.45) is 10.2 Å². The Bertz CT molecular complexity index is 849. The maximum Gasteiger partial charge on any atom is 0.183 e. The number of aromatic nitrogens is 2. The van der Waals surface area contributed by atoms with Gasteiger partial charge in [-0.1, -0.05) is 31.5 Å². The van der Waals surface area contributed by atoms with Crippen LogP contribution < -0.4 is 0 Å². The highest BCUT2D eigenvalue weighted by atomic mass is 35.5. The Morgan fingerprint density at radius 3 is 2.68 bits per heavy atom. The third kappa shape index (κ3) is 2.74. The van der Waals surface area contributed by atoms with Gasteiger partial charge in [0.15, 0.2) is 5.82 Å². The van der Waals surface area contributed by atoms with Gasteiger partial charge in [-0.15, -0.1) is 10.2 Å². The molecule has 0 spiro atoms. The van der Waals surface area contributed by atoms with E-state index < -0.39 is 0 Å². The molecule has 3 aromatic rings. The van der Waals surface area contributed by atoms with Gasteiger partial charge in [-0.25, -0.2) is 4.98 Å². The van der Waals surface area contributed by atoms with Crippen molar-refractivity contribution in [2.75, 3.05) is 0 Å². The molecule has 3 rings (SSSR count). The van der Waals surface area contributed by atoms with Gasteiger partial charge < -0.3 is 0 Å². The van der Waals surface area contributed by atoms with Crippen molar-refractivity contribution in [3.05, 3.63) is 58.9 Å². The van der Waals surface area contributed by atoms with Crippen LogP contribution in [0.4, 0.5) is 11.5 Å². The Morgan fingerprint density at radius 2 is 1.95 bits per heavy atom. The highest BCUT2D eigenvalue weighted by Crippen LogP contribution is 2.30. The maximum atomic E-state index is 5.98. The summed E-state index contributed by atoms with van der Waals surface area (Å²) in [4.78, 5) is 4.65. The molecule has 0 aliphatic rings. The first-order valence-electron chi connectivity index (χ1n) is 7.21. The normalized spacial score (nSPS) is 11.9. The number of aryl methyl sites for hydroxylation is 1. The lowest BCUT2D eigenvalue weighted by Crippen LogP contribution is -1.87. The van der Waals surface area contributed by atoms with E-state index in [1.54, 1.807) is 0 Å². The van der Waals surface area contributed by atoms with E-state index in [9.17, 15) is 0 Å². The van der Waals surface area contributed by atoms with Gasteiger partial charge in [0.1, 0.15) is 5.65 Å². The topological polar surface area (TPSA) is 42.0 Å². The van der Waals surface area contributed by atoms with Gasteiger partial charge in [-0.3, -0.25) is 4.40 Å². The molecule has 0 saturated carbocycles. The van der Waals surface area contributed by atoms with Crippen LogP contribution >= 0.6 is 11.6 Å². The zero-order chi connectivity index (χ0) is 15.7. The second-order valence-corrected chi connectivity index (χ2v) is 5.97. The third-order valence-corrected chi connectivity index (χ3v) is 3.72. The molecular weight excluding hydrogens is 296 g/mol. The number of benzene rings is 1. The van der Waals surface area contributed by atoms with Crippen LogP contribution in [0.25, 0.3) is 5.65 Å². The van der Waals surface area contributed by atoms with Gasteiger partial charge in [0.05, 0.1) is 11.4 Å². The van der Waals surface area contributed by atoms with Crippen LogP contribution in [0.5, 0.6) is 0 Å². The Labute approximate surface area is 134 Å². The smallest absolute Gasteiger partial charge is 0.183 e. The summed E-state index contributed by atoms with van der Waals surface area (Å²) in [6.45, 7) is 6.18. The highest BCUT2D eigenvalue weighted by molar-refractivity contribution is 6.30. The van der Waals surface area contributed by atoms with E-state index in [1.165, 1.54) is 0 Å².